The second-order valence-corrected chi connectivity index (χ2v) is 4.46. The molecule has 1 aromatic rings. The molecule has 5 heteroatoms. The van der Waals surface area contributed by atoms with Gasteiger partial charge in [0.15, 0.2) is 0 Å². The molecule has 0 bridgehead atoms. The summed E-state index contributed by atoms with van der Waals surface area (Å²) in [6.07, 6.45) is 2.93. The van der Waals surface area contributed by atoms with Crippen molar-refractivity contribution in [2.75, 3.05) is 24.2 Å². The predicted molar refractivity (Wildman–Crippen MR) is 63.1 cm³/mol. The lowest BCUT2D eigenvalue weighted by Crippen LogP contribution is -2.20. The van der Waals surface area contributed by atoms with Crippen molar-refractivity contribution in [2.45, 2.75) is 26.2 Å². The number of nitrogens with zero attached hydrogens (tertiary/aromatic N) is 2. The monoisotopic (exact) mass is 222 g/mol. The van der Waals surface area contributed by atoms with Crippen LogP contribution >= 0.6 is 0 Å². The van der Waals surface area contributed by atoms with Crippen LogP contribution in [0.3, 0.4) is 0 Å². The van der Waals surface area contributed by atoms with Crippen molar-refractivity contribution in [3.63, 3.8) is 0 Å². The van der Waals surface area contributed by atoms with Crippen molar-refractivity contribution in [1.29, 1.82) is 0 Å². The van der Waals surface area contributed by atoms with Crippen molar-refractivity contribution in [3.8, 4) is 0 Å². The number of nitrogens with one attached hydrogen (secondary N) is 1. The second kappa shape index (κ2) is 4.25. The average Bonchev–Trinajstić information content (AvgIpc) is 3.06. The highest BCUT2D eigenvalue weighted by atomic mass is 16.3. The fourth-order valence-electron chi connectivity index (χ4n) is 1.61. The van der Waals surface area contributed by atoms with Gasteiger partial charge in [0.1, 0.15) is 17.5 Å². The first-order chi connectivity index (χ1) is 7.67. The van der Waals surface area contributed by atoms with E-state index in [0.717, 1.165) is 37.4 Å². The number of hydrogen-bond acceptors (Lipinski definition) is 5. The van der Waals surface area contributed by atoms with Gasteiger partial charge < -0.3 is 16.2 Å². The summed E-state index contributed by atoms with van der Waals surface area (Å²) in [5.74, 6) is 1.99. The molecule has 4 N–H and O–H groups in total. The first-order valence-electron chi connectivity index (χ1n) is 5.66. The largest absolute Gasteiger partial charge is 0.396 e. The molecule has 0 saturated heterocycles. The quantitative estimate of drug-likeness (QED) is 0.686. The molecule has 0 radical (unpaired) electrons. The molecule has 88 valence electrons. The van der Waals surface area contributed by atoms with Crippen molar-refractivity contribution in [1.82, 2.24) is 9.97 Å². The molecule has 1 aromatic heterocycles. The molecule has 2 rings (SSSR count). The van der Waals surface area contributed by atoms with E-state index in [1.165, 1.54) is 0 Å². The third-order valence-electron chi connectivity index (χ3n) is 3.05. The van der Waals surface area contributed by atoms with Crippen LogP contribution in [-0.2, 0) is 6.42 Å². The molecule has 0 aromatic carbocycles. The minimum absolute atomic E-state index is 0.0755. The maximum Gasteiger partial charge on any atom is 0.132 e. The molecule has 1 aliphatic carbocycles. The fraction of sp³-hybridized carbons (Fsp3) is 0.636. The Bertz CT molecular complexity index is 376. The Morgan fingerprint density at radius 1 is 1.50 bits per heavy atom. The number of hydrogen-bond donors (Lipinski definition) is 3. The number of aromatic nitrogens is 2. The zero-order valence-electron chi connectivity index (χ0n) is 9.53. The Hall–Kier alpha value is -1.36. The number of aryl methyl sites for hydroxylation is 1. The topological polar surface area (TPSA) is 84.1 Å². The Morgan fingerprint density at radius 3 is 2.81 bits per heavy atom. The van der Waals surface area contributed by atoms with Crippen LogP contribution in [0, 0.1) is 5.41 Å². The van der Waals surface area contributed by atoms with Gasteiger partial charge >= 0.3 is 0 Å². The van der Waals surface area contributed by atoms with Gasteiger partial charge in [-0.2, -0.15) is 0 Å². The van der Waals surface area contributed by atoms with Gasteiger partial charge in [0.25, 0.3) is 0 Å². The van der Waals surface area contributed by atoms with Crippen LogP contribution in [0.5, 0.6) is 0 Å². The van der Waals surface area contributed by atoms with E-state index in [1.54, 1.807) is 6.07 Å². The molecule has 1 aliphatic rings. The van der Waals surface area contributed by atoms with E-state index < -0.39 is 0 Å². The van der Waals surface area contributed by atoms with Crippen molar-refractivity contribution >= 4 is 11.6 Å². The highest BCUT2D eigenvalue weighted by Crippen LogP contribution is 2.44. The van der Waals surface area contributed by atoms with Crippen LogP contribution in [0.15, 0.2) is 6.07 Å². The van der Waals surface area contributed by atoms with Gasteiger partial charge in [0.05, 0.1) is 6.61 Å². The summed E-state index contributed by atoms with van der Waals surface area (Å²) in [5.41, 5.74) is 5.76. The predicted octanol–water partition coefficient (Wildman–Crippen LogP) is 0.806. The van der Waals surface area contributed by atoms with Crippen molar-refractivity contribution < 1.29 is 5.11 Å². The highest BCUT2D eigenvalue weighted by Gasteiger charge is 2.41. The molecular weight excluding hydrogens is 204 g/mol. The minimum Gasteiger partial charge on any atom is -0.396 e. The zero-order chi connectivity index (χ0) is 11.6. The molecule has 0 spiro atoms. The Morgan fingerprint density at radius 2 is 2.25 bits per heavy atom. The Labute approximate surface area is 95.1 Å². The molecule has 16 heavy (non-hydrogen) atoms. The van der Waals surface area contributed by atoms with Gasteiger partial charge in [0.2, 0.25) is 0 Å². The average molecular weight is 222 g/mol. The van der Waals surface area contributed by atoms with Crippen molar-refractivity contribution in [3.05, 3.63) is 11.9 Å². The van der Waals surface area contributed by atoms with Gasteiger partial charge in [-0.25, -0.2) is 9.97 Å². The van der Waals surface area contributed by atoms with E-state index in [2.05, 4.69) is 15.3 Å². The maximum atomic E-state index is 9.19. The second-order valence-electron chi connectivity index (χ2n) is 4.46. The van der Waals surface area contributed by atoms with Gasteiger partial charge in [0, 0.05) is 24.4 Å². The molecule has 0 atom stereocenters. The lowest BCUT2D eigenvalue weighted by molar-refractivity contribution is 0.219. The summed E-state index contributed by atoms with van der Waals surface area (Å²) in [7, 11) is 0. The molecule has 1 saturated carbocycles. The molecule has 0 aliphatic heterocycles. The lowest BCUT2D eigenvalue weighted by atomic mass is 10.1. The number of nitrogen functional groups attached to an aromatic ring is 1. The summed E-state index contributed by atoms with van der Waals surface area (Å²) in [4.78, 5) is 8.44. The van der Waals surface area contributed by atoms with Crippen molar-refractivity contribution in [2.24, 2.45) is 5.41 Å². The Balaban J connectivity index is 2.01. The van der Waals surface area contributed by atoms with Crippen LogP contribution < -0.4 is 11.1 Å². The third-order valence-corrected chi connectivity index (χ3v) is 3.05. The van der Waals surface area contributed by atoms with E-state index in [4.69, 9.17) is 5.73 Å². The molecule has 1 heterocycles. The summed E-state index contributed by atoms with van der Waals surface area (Å²) >= 11 is 0. The van der Waals surface area contributed by atoms with Gasteiger partial charge in [-0.05, 0) is 12.8 Å². The molecular formula is C11H18N4O. The van der Waals surface area contributed by atoms with E-state index in [0.29, 0.717) is 5.82 Å². The van der Waals surface area contributed by atoms with E-state index in [-0.39, 0.29) is 12.0 Å². The lowest BCUT2D eigenvalue weighted by Gasteiger charge is -2.13. The summed E-state index contributed by atoms with van der Waals surface area (Å²) in [6.45, 7) is 2.99. The standard InChI is InChI=1S/C11H18N4O/c1-2-9-14-8(12)5-10(15-9)13-6-11(7-16)3-4-11/h5,16H,2-4,6-7H2,1H3,(H3,12,13,14,15). The van der Waals surface area contributed by atoms with Gasteiger partial charge in [-0.3, -0.25) is 0 Å². The zero-order valence-corrected chi connectivity index (χ0v) is 9.53. The van der Waals surface area contributed by atoms with Gasteiger partial charge in [-0.15, -0.1) is 0 Å². The number of rotatable bonds is 5. The summed E-state index contributed by atoms with van der Waals surface area (Å²) < 4.78 is 0. The molecule has 5 nitrogen and oxygen atoms in total. The number of anilines is 2. The first-order valence-corrected chi connectivity index (χ1v) is 5.66. The molecule has 0 amide bonds. The normalized spacial score (nSPS) is 17.1. The maximum absolute atomic E-state index is 9.19. The number of aliphatic hydroxyl groups excluding tert-OH is 1. The third kappa shape index (κ3) is 2.41. The highest BCUT2D eigenvalue weighted by molar-refractivity contribution is 5.45. The van der Waals surface area contributed by atoms with Crippen LogP contribution in [0.2, 0.25) is 0 Å². The minimum atomic E-state index is 0.0755. The van der Waals surface area contributed by atoms with Crippen LogP contribution in [0.4, 0.5) is 11.6 Å². The van der Waals surface area contributed by atoms with Crippen LogP contribution in [-0.4, -0.2) is 28.2 Å². The van der Waals surface area contributed by atoms with E-state index >= 15 is 0 Å². The smallest absolute Gasteiger partial charge is 0.132 e. The summed E-state index contributed by atoms with van der Waals surface area (Å²) in [5, 5.41) is 12.4. The summed E-state index contributed by atoms with van der Waals surface area (Å²) in [6, 6.07) is 1.73. The molecule has 1 fully saturated rings. The van der Waals surface area contributed by atoms with E-state index in [1.807, 2.05) is 6.92 Å². The fourth-order valence-corrected chi connectivity index (χ4v) is 1.61. The van der Waals surface area contributed by atoms with Crippen LogP contribution in [0.1, 0.15) is 25.6 Å². The Kier molecular flexibility index (Phi) is 2.96. The SMILES string of the molecule is CCc1nc(N)cc(NCC2(CO)CC2)n1. The van der Waals surface area contributed by atoms with Crippen LogP contribution in [0.25, 0.3) is 0 Å². The first kappa shape index (κ1) is 11.1. The number of nitrogens with two attached hydrogens (primary N) is 1. The molecule has 0 unspecified atom stereocenters. The van der Waals surface area contributed by atoms with Gasteiger partial charge in [-0.1, -0.05) is 6.92 Å². The van der Waals surface area contributed by atoms with E-state index in [9.17, 15) is 5.11 Å². The number of aliphatic hydroxyl groups is 1.